The average molecular weight is 166 g/mol. The van der Waals surface area contributed by atoms with Crippen LogP contribution in [0.1, 0.15) is 10.4 Å². The molecule has 0 fully saturated rings. The number of aryl methyl sites for hydroxylation is 1. The summed E-state index contributed by atoms with van der Waals surface area (Å²) in [7, 11) is 0. The first kappa shape index (κ1) is 7.60. The van der Waals surface area contributed by atoms with Gasteiger partial charge in [0.1, 0.15) is 4.88 Å². The molecule has 0 aromatic carbocycles. The normalized spacial score (nSPS) is 12.0. The van der Waals surface area contributed by atoms with Gasteiger partial charge in [0.2, 0.25) is 0 Å². The van der Waals surface area contributed by atoms with E-state index >= 15 is 0 Å². The largest absolute Gasteiger partial charge is 0.425 e. The Morgan fingerprint density at radius 2 is 2.00 bits per heavy atom. The van der Waals surface area contributed by atoms with Crippen LogP contribution in [0.15, 0.2) is 11.4 Å². The van der Waals surface area contributed by atoms with Gasteiger partial charge in [0.15, 0.2) is 0 Å². The van der Waals surface area contributed by atoms with Gasteiger partial charge in [0.05, 0.1) is 0 Å². The van der Waals surface area contributed by atoms with Crippen LogP contribution in [-0.2, 0) is 6.18 Å². The van der Waals surface area contributed by atoms with Crippen LogP contribution in [0.2, 0.25) is 0 Å². The van der Waals surface area contributed by atoms with E-state index in [1.54, 1.807) is 0 Å². The molecule has 0 amide bonds. The van der Waals surface area contributed by atoms with Crippen molar-refractivity contribution >= 4 is 11.3 Å². The standard InChI is InChI=1S/C6H5F3S/c1-4-2-3-10-5(4)6(7,8)9/h2-3H,1H3. The van der Waals surface area contributed by atoms with Gasteiger partial charge in [0.25, 0.3) is 0 Å². The molecule has 0 unspecified atom stereocenters. The van der Waals surface area contributed by atoms with Gasteiger partial charge < -0.3 is 0 Å². The molecule has 0 aliphatic heterocycles. The van der Waals surface area contributed by atoms with Gasteiger partial charge in [-0.05, 0) is 23.9 Å². The number of thiophene rings is 1. The van der Waals surface area contributed by atoms with Crippen molar-refractivity contribution < 1.29 is 13.2 Å². The summed E-state index contributed by atoms with van der Waals surface area (Å²) in [6, 6.07) is 1.47. The summed E-state index contributed by atoms with van der Waals surface area (Å²) in [5, 5.41) is 1.44. The van der Waals surface area contributed by atoms with E-state index in [-0.39, 0.29) is 0 Å². The van der Waals surface area contributed by atoms with E-state index in [1.165, 1.54) is 18.4 Å². The van der Waals surface area contributed by atoms with Gasteiger partial charge in [-0.15, -0.1) is 11.3 Å². The van der Waals surface area contributed by atoms with Crippen LogP contribution in [0.25, 0.3) is 0 Å². The zero-order chi connectivity index (χ0) is 7.78. The zero-order valence-electron chi connectivity index (χ0n) is 5.20. The Hall–Kier alpha value is -0.510. The van der Waals surface area contributed by atoms with E-state index in [0.717, 1.165) is 11.3 Å². The van der Waals surface area contributed by atoms with Crippen molar-refractivity contribution in [1.29, 1.82) is 0 Å². The number of alkyl halides is 3. The van der Waals surface area contributed by atoms with E-state index in [4.69, 9.17) is 0 Å². The number of hydrogen-bond donors (Lipinski definition) is 0. The minimum Gasteiger partial charge on any atom is -0.165 e. The molecule has 0 aliphatic carbocycles. The highest BCUT2D eigenvalue weighted by molar-refractivity contribution is 7.10. The first-order valence-corrected chi connectivity index (χ1v) is 3.51. The Morgan fingerprint density at radius 1 is 1.40 bits per heavy atom. The fourth-order valence-corrected chi connectivity index (χ4v) is 1.46. The summed E-state index contributed by atoms with van der Waals surface area (Å²) < 4.78 is 35.7. The first-order valence-electron chi connectivity index (χ1n) is 2.63. The predicted octanol–water partition coefficient (Wildman–Crippen LogP) is 3.08. The third-order valence-electron chi connectivity index (χ3n) is 1.12. The number of hydrogen-bond acceptors (Lipinski definition) is 1. The second-order valence-electron chi connectivity index (χ2n) is 1.93. The van der Waals surface area contributed by atoms with Crippen molar-refractivity contribution in [3.05, 3.63) is 21.9 Å². The Balaban J connectivity index is 3.05. The predicted molar refractivity (Wildman–Crippen MR) is 34.1 cm³/mol. The fraction of sp³-hybridized carbons (Fsp3) is 0.333. The summed E-state index contributed by atoms with van der Waals surface area (Å²) in [6.07, 6.45) is -4.17. The third-order valence-corrected chi connectivity index (χ3v) is 2.18. The zero-order valence-corrected chi connectivity index (χ0v) is 6.01. The van der Waals surface area contributed by atoms with Crippen molar-refractivity contribution in [2.24, 2.45) is 0 Å². The Kier molecular flexibility index (Phi) is 1.72. The number of rotatable bonds is 0. The fourth-order valence-electron chi connectivity index (χ4n) is 0.663. The van der Waals surface area contributed by atoms with Gasteiger partial charge >= 0.3 is 6.18 Å². The van der Waals surface area contributed by atoms with E-state index in [9.17, 15) is 13.2 Å². The monoisotopic (exact) mass is 166 g/mol. The topological polar surface area (TPSA) is 0 Å². The summed E-state index contributed by atoms with van der Waals surface area (Å²) in [5.74, 6) is 0. The average Bonchev–Trinajstić information content (AvgIpc) is 2.11. The van der Waals surface area contributed by atoms with E-state index < -0.39 is 11.1 Å². The molecule has 0 saturated carbocycles. The van der Waals surface area contributed by atoms with Crippen LogP contribution in [0, 0.1) is 6.92 Å². The molecular formula is C6H5F3S. The van der Waals surface area contributed by atoms with E-state index in [2.05, 4.69) is 0 Å². The molecule has 0 N–H and O–H groups in total. The molecule has 0 nitrogen and oxygen atoms in total. The maximum absolute atomic E-state index is 11.9. The Labute approximate surface area is 60.3 Å². The lowest BCUT2D eigenvalue weighted by Crippen LogP contribution is -2.02. The lowest BCUT2D eigenvalue weighted by molar-refractivity contribution is -0.134. The Bertz CT molecular complexity index is 223. The number of halogens is 3. The molecule has 0 saturated heterocycles. The summed E-state index contributed by atoms with van der Waals surface area (Å²) in [5.41, 5.74) is 0.303. The minimum absolute atomic E-state index is 0.303. The molecule has 0 atom stereocenters. The second-order valence-corrected chi connectivity index (χ2v) is 2.85. The van der Waals surface area contributed by atoms with Crippen molar-refractivity contribution in [2.45, 2.75) is 13.1 Å². The van der Waals surface area contributed by atoms with Crippen molar-refractivity contribution in [3.63, 3.8) is 0 Å². The molecule has 56 valence electrons. The molecule has 1 aromatic heterocycles. The van der Waals surface area contributed by atoms with Crippen LogP contribution >= 0.6 is 11.3 Å². The first-order chi connectivity index (χ1) is 4.52. The van der Waals surface area contributed by atoms with Crippen molar-refractivity contribution in [3.8, 4) is 0 Å². The molecule has 0 spiro atoms. The van der Waals surface area contributed by atoms with Crippen molar-refractivity contribution in [2.75, 3.05) is 0 Å². The van der Waals surface area contributed by atoms with Gasteiger partial charge in [-0.2, -0.15) is 13.2 Å². The van der Waals surface area contributed by atoms with Crippen LogP contribution in [0.4, 0.5) is 13.2 Å². The van der Waals surface area contributed by atoms with Gasteiger partial charge in [-0.25, -0.2) is 0 Å². The van der Waals surface area contributed by atoms with Crippen LogP contribution in [-0.4, -0.2) is 0 Å². The summed E-state index contributed by atoms with van der Waals surface area (Å²) in [6.45, 7) is 1.46. The summed E-state index contributed by atoms with van der Waals surface area (Å²) in [4.78, 5) is -0.493. The van der Waals surface area contributed by atoms with Crippen LogP contribution < -0.4 is 0 Å². The van der Waals surface area contributed by atoms with Crippen molar-refractivity contribution in [1.82, 2.24) is 0 Å². The summed E-state index contributed by atoms with van der Waals surface area (Å²) >= 11 is 0.731. The molecule has 1 heterocycles. The maximum Gasteiger partial charge on any atom is 0.425 e. The molecule has 4 heteroatoms. The van der Waals surface area contributed by atoms with Crippen LogP contribution in [0.5, 0.6) is 0 Å². The molecule has 0 bridgehead atoms. The highest BCUT2D eigenvalue weighted by Gasteiger charge is 2.33. The van der Waals surface area contributed by atoms with Gasteiger partial charge in [0, 0.05) is 0 Å². The molecular weight excluding hydrogens is 161 g/mol. The lowest BCUT2D eigenvalue weighted by atomic mass is 10.3. The lowest BCUT2D eigenvalue weighted by Gasteiger charge is -2.02. The van der Waals surface area contributed by atoms with E-state index in [0.29, 0.717) is 5.56 Å². The smallest absolute Gasteiger partial charge is 0.165 e. The van der Waals surface area contributed by atoms with Crippen LogP contribution in [0.3, 0.4) is 0 Å². The molecule has 1 rings (SSSR count). The van der Waals surface area contributed by atoms with Gasteiger partial charge in [-0.1, -0.05) is 0 Å². The molecule has 1 aromatic rings. The molecule has 0 aliphatic rings. The highest BCUT2D eigenvalue weighted by Crippen LogP contribution is 2.35. The Morgan fingerprint density at radius 3 is 2.20 bits per heavy atom. The minimum atomic E-state index is -4.17. The highest BCUT2D eigenvalue weighted by atomic mass is 32.1. The second kappa shape index (κ2) is 2.27. The third kappa shape index (κ3) is 1.31. The molecule has 0 radical (unpaired) electrons. The SMILES string of the molecule is Cc1ccsc1C(F)(F)F. The van der Waals surface area contributed by atoms with E-state index in [1.807, 2.05) is 0 Å². The maximum atomic E-state index is 11.9. The molecule has 10 heavy (non-hydrogen) atoms. The quantitative estimate of drug-likeness (QED) is 0.555. The van der Waals surface area contributed by atoms with Gasteiger partial charge in [-0.3, -0.25) is 0 Å².